The molecule has 0 radical (unpaired) electrons. The van der Waals surface area contributed by atoms with E-state index in [0.29, 0.717) is 29.8 Å². The first-order valence-corrected chi connectivity index (χ1v) is 9.54. The highest BCUT2D eigenvalue weighted by Gasteiger charge is 2.23. The van der Waals surface area contributed by atoms with Gasteiger partial charge in [0.15, 0.2) is 11.0 Å². The molecule has 0 spiro atoms. The van der Waals surface area contributed by atoms with Gasteiger partial charge in [0.2, 0.25) is 0 Å². The molecule has 0 N–H and O–H groups in total. The minimum Gasteiger partial charge on any atom is -0.385 e. The molecule has 0 fully saturated rings. The van der Waals surface area contributed by atoms with Gasteiger partial charge < -0.3 is 9.30 Å². The number of ketones is 1. The van der Waals surface area contributed by atoms with Crippen molar-refractivity contribution in [1.82, 2.24) is 14.8 Å². The van der Waals surface area contributed by atoms with Crippen LogP contribution in [0.5, 0.6) is 0 Å². The maximum atomic E-state index is 12.2. The van der Waals surface area contributed by atoms with E-state index in [4.69, 9.17) is 16.3 Å². The Morgan fingerprint density at radius 1 is 1.28 bits per heavy atom. The third kappa shape index (κ3) is 5.30. The monoisotopic (exact) mass is 381 g/mol. The summed E-state index contributed by atoms with van der Waals surface area (Å²) in [6.45, 7) is 7.12. The van der Waals surface area contributed by atoms with Gasteiger partial charge in [0.1, 0.15) is 5.78 Å². The van der Waals surface area contributed by atoms with E-state index in [1.54, 1.807) is 7.11 Å². The van der Waals surface area contributed by atoms with E-state index < -0.39 is 0 Å². The fourth-order valence-electron chi connectivity index (χ4n) is 2.15. The number of benzene rings is 1. The van der Waals surface area contributed by atoms with Crippen LogP contribution in [0.1, 0.15) is 27.2 Å². The van der Waals surface area contributed by atoms with Crippen molar-refractivity contribution in [3.05, 3.63) is 29.3 Å². The number of carbonyl (C=O) groups is 1. The predicted molar refractivity (Wildman–Crippen MR) is 102 cm³/mol. The molecular formula is C18H24ClN3O2S. The topological polar surface area (TPSA) is 57.0 Å². The van der Waals surface area contributed by atoms with Gasteiger partial charge in [0, 0.05) is 31.2 Å². The van der Waals surface area contributed by atoms with Gasteiger partial charge in [0.05, 0.1) is 10.8 Å². The van der Waals surface area contributed by atoms with Crippen LogP contribution >= 0.6 is 23.4 Å². The van der Waals surface area contributed by atoms with E-state index in [1.165, 1.54) is 11.8 Å². The number of Topliss-reactive ketones (excluding diaryl/α,β-unsaturated/α-hetero) is 1. The van der Waals surface area contributed by atoms with Crippen molar-refractivity contribution in [2.45, 2.75) is 38.9 Å². The highest BCUT2D eigenvalue weighted by molar-refractivity contribution is 7.99. The molecule has 1 aromatic carbocycles. The molecule has 0 aliphatic carbocycles. The number of rotatable bonds is 8. The largest absolute Gasteiger partial charge is 0.385 e. The van der Waals surface area contributed by atoms with E-state index >= 15 is 0 Å². The first-order valence-electron chi connectivity index (χ1n) is 8.17. The second kappa shape index (κ2) is 8.83. The van der Waals surface area contributed by atoms with Crippen molar-refractivity contribution in [3.63, 3.8) is 0 Å². The Balaban J connectivity index is 2.27. The number of methoxy groups -OCH3 is 1. The van der Waals surface area contributed by atoms with Crippen LogP contribution in [0, 0.1) is 5.41 Å². The molecule has 0 amide bonds. The highest BCUT2D eigenvalue weighted by atomic mass is 35.5. The van der Waals surface area contributed by atoms with E-state index in [-0.39, 0.29) is 11.2 Å². The van der Waals surface area contributed by atoms with E-state index in [9.17, 15) is 4.79 Å². The van der Waals surface area contributed by atoms with Crippen molar-refractivity contribution < 1.29 is 9.53 Å². The lowest BCUT2D eigenvalue weighted by molar-refractivity contribution is -0.123. The Labute approximate surface area is 158 Å². The smallest absolute Gasteiger partial charge is 0.191 e. The summed E-state index contributed by atoms with van der Waals surface area (Å²) in [6, 6.07) is 7.56. The molecule has 2 aromatic rings. The Morgan fingerprint density at radius 3 is 2.64 bits per heavy atom. The first kappa shape index (κ1) is 19.9. The molecule has 2 rings (SSSR count). The number of halogens is 1. The maximum absolute atomic E-state index is 12.2. The van der Waals surface area contributed by atoms with Crippen LogP contribution in [0.3, 0.4) is 0 Å². The summed E-state index contributed by atoms with van der Waals surface area (Å²) in [6.07, 6.45) is 0.826. The SMILES string of the molecule is COCCCn1c(SCC(=O)C(C)(C)C)nnc1-c1ccccc1Cl. The Kier molecular flexibility index (Phi) is 7.04. The minimum atomic E-state index is -0.362. The van der Waals surface area contributed by atoms with Crippen molar-refractivity contribution in [3.8, 4) is 11.4 Å². The second-order valence-electron chi connectivity index (χ2n) is 6.75. The molecule has 0 atom stereocenters. The highest BCUT2D eigenvalue weighted by Crippen LogP contribution is 2.30. The summed E-state index contributed by atoms with van der Waals surface area (Å²) in [7, 11) is 1.68. The first-order chi connectivity index (χ1) is 11.8. The lowest BCUT2D eigenvalue weighted by Gasteiger charge is -2.16. The number of aromatic nitrogens is 3. The van der Waals surface area contributed by atoms with Gasteiger partial charge in [-0.05, 0) is 18.6 Å². The third-order valence-electron chi connectivity index (χ3n) is 3.73. The molecule has 0 bridgehead atoms. The standard InChI is InChI=1S/C18H24ClN3O2S/c1-18(2,3)15(23)12-25-17-21-20-16(22(17)10-7-11-24-4)13-8-5-6-9-14(13)19/h5-6,8-9H,7,10-12H2,1-4H3. The molecule has 136 valence electrons. The van der Waals surface area contributed by atoms with Crippen LogP contribution < -0.4 is 0 Å². The molecule has 0 aliphatic rings. The van der Waals surface area contributed by atoms with Crippen LogP contribution in [0.25, 0.3) is 11.4 Å². The van der Waals surface area contributed by atoms with E-state index in [0.717, 1.165) is 17.1 Å². The molecule has 7 heteroatoms. The number of carbonyl (C=O) groups excluding carboxylic acids is 1. The predicted octanol–water partition coefficient (Wildman–Crippen LogP) is 4.34. The summed E-state index contributed by atoms with van der Waals surface area (Å²) in [4.78, 5) is 12.2. The minimum absolute atomic E-state index is 0.184. The van der Waals surface area contributed by atoms with Gasteiger partial charge >= 0.3 is 0 Å². The van der Waals surface area contributed by atoms with Crippen molar-refractivity contribution >= 4 is 29.1 Å². The molecule has 1 heterocycles. The number of hydrogen-bond acceptors (Lipinski definition) is 5. The van der Waals surface area contributed by atoms with Crippen LogP contribution in [0.15, 0.2) is 29.4 Å². The van der Waals surface area contributed by atoms with Crippen LogP contribution in [0.4, 0.5) is 0 Å². The van der Waals surface area contributed by atoms with Gasteiger partial charge in [-0.1, -0.05) is 56.3 Å². The van der Waals surface area contributed by atoms with Crippen molar-refractivity contribution in [1.29, 1.82) is 0 Å². The van der Waals surface area contributed by atoms with Crippen LogP contribution in [0.2, 0.25) is 5.02 Å². The zero-order valence-corrected chi connectivity index (χ0v) is 16.7. The fraction of sp³-hybridized carbons (Fsp3) is 0.500. The zero-order valence-electron chi connectivity index (χ0n) is 15.1. The van der Waals surface area contributed by atoms with Crippen molar-refractivity contribution in [2.75, 3.05) is 19.5 Å². The summed E-state index contributed by atoms with van der Waals surface area (Å²) in [5.41, 5.74) is 0.475. The van der Waals surface area contributed by atoms with Gasteiger partial charge in [-0.25, -0.2) is 0 Å². The quantitative estimate of drug-likeness (QED) is 0.502. The summed E-state index contributed by atoms with van der Waals surface area (Å²) < 4.78 is 7.17. The fourth-order valence-corrected chi connectivity index (χ4v) is 3.50. The normalized spacial score (nSPS) is 11.7. The maximum Gasteiger partial charge on any atom is 0.191 e. The summed E-state index contributed by atoms with van der Waals surface area (Å²) >= 11 is 7.74. The molecule has 25 heavy (non-hydrogen) atoms. The van der Waals surface area contributed by atoms with Gasteiger partial charge in [-0.15, -0.1) is 10.2 Å². The average molecular weight is 382 g/mol. The lowest BCUT2D eigenvalue weighted by Crippen LogP contribution is -2.22. The van der Waals surface area contributed by atoms with Crippen LogP contribution in [-0.4, -0.2) is 40.0 Å². The third-order valence-corrected chi connectivity index (χ3v) is 5.03. The molecule has 0 saturated heterocycles. The Hall–Kier alpha value is -1.37. The number of hydrogen-bond donors (Lipinski definition) is 0. The molecule has 5 nitrogen and oxygen atoms in total. The zero-order chi connectivity index (χ0) is 18.4. The second-order valence-corrected chi connectivity index (χ2v) is 8.10. The molecule has 1 aromatic heterocycles. The van der Waals surface area contributed by atoms with Gasteiger partial charge in [-0.2, -0.15) is 0 Å². The van der Waals surface area contributed by atoms with E-state index in [1.807, 2.05) is 49.6 Å². The number of nitrogens with zero attached hydrogens (tertiary/aromatic N) is 3. The average Bonchev–Trinajstić information content (AvgIpc) is 2.95. The van der Waals surface area contributed by atoms with Gasteiger partial charge in [0.25, 0.3) is 0 Å². The van der Waals surface area contributed by atoms with Gasteiger partial charge in [-0.3, -0.25) is 4.79 Å². The Morgan fingerprint density at radius 2 is 2.00 bits per heavy atom. The summed E-state index contributed by atoms with van der Waals surface area (Å²) in [5, 5.41) is 9.97. The molecular weight excluding hydrogens is 358 g/mol. The lowest BCUT2D eigenvalue weighted by atomic mass is 9.92. The number of thioether (sulfide) groups is 1. The molecule has 0 saturated carbocycles. The van der Waals surface area contributed by atoms with E-state index in [2.05, 4.69) is 10.2 Å². The number of ether oxygens (including phenoxy) is 1. The molecule has 0 unspecified atom stereocenters. The van der Waals surface area contributed by atoms with Crippen molar-refractivity contribution in [2.24, 2.45) is 5.41 Å². The Bertz CT molecular complexity index is 725. The van der Waals surface area contributed by atoms with Crippen LogP contribution in [-0.2, 0) is 16.1 Å². The molecule has 0 aliphatic heterocycles. The summed E-state index contributed by atoms with van der Waals surface area (Å²) in [5.74, 6) is 1.27.